The lowest BCUT2D eigenvalue weighted by atomic mass is 10.7. The number of hydrogen-bond donors (Lipinski definition) is 0. The van der Waals surface area contributed by atoms with Crippen LogP contribution in [-0.4, -0.2) is 18.6 Å². The largest absolute Gasteiger partial charge is 0.411 e. The van der Waals surface area contributed by atoms with Gasteiger partial charge in [-0.2, -0.15) is 4.40 Å². The number of carbonyl (C=O) groups is 1. The van der Waals surface area contributed by atoms with E-state index in [0.717, 1.165) is 12.1 Å². The van der Waals surface area contributed by atoms with Gasteiger partial charge in [0.2, 0.25) is 5.90 Å². The predicted octanol–water partition coefficient (Wildman–Crippen LogP) is 1.23. The zero-order valence-electron chi connectivity index (χ0n) is 5.83. The Bertz CT molecular complexity index is 167. The average molecular weight is 160 g/mol. The quantitative estimate of drug-likeness (QED) is 0.264. The molecule has 0 heterocycles. The van der Waals surface area contributed by atoms with Gasteiger partial charge in [0, 0.05) is 20.6 Å². The molecule has 0 atom stereocenters. The third kappa shape index (κ3) is 5.30. The molecule has 0 aliphatic heterocycles. The second-order valence-electron chi connectivity index (χ2n) is 1.41. The normalized spacial score (nSPS) is 10.8. The Hall–Kier alpha value is -0.840. The molecule has 4 nitrogen and oxygen atoms in total. The summed E-state index contributed by atoms with van der Waals surface area (Å²) in [7, 11) is 0. The first-order valence-corrected chi connectivity index (χ1v) is 3.25. The van der Waals surface area contributed by atoms with E-state index in [4.69, 9.17) is 0 Å². The molecule has 0 bridgehead atoms. The molecule has 0 rings (SSSR count). The van der Waals surface area contributed by atoms with Crippen LogP contribution in [0.5, 0.6) is 0 Å². The maximum absolute atomic E-state index is 10.3. The lowest BCUT2D eigenvalue weighted by Crippen LogP contribution is -2.03. The number of nitrogens with zero attached hydrogens (tertiary/aromatic N) is 2. The van der Waals surface area contributed by atoms with Crippen LogP contribution in [0.3, 0.4) is 0 Å². The number of hydrogen-bond acceptors (Lipinski definition) is 5. The fourth-order valence-corrected chi connectivity index (χ4v) is 0.523. The van der Waals surface area contributed by atoms with Gasteiger partial charge in [-0.3, -0.25) is 4.79 Å². The summed E-state index contributed by atoms with van der Waals surface area (Å²) in [6.45, 7) is 6.06. The molecular formula is C5H8N2O2S. The number of rotatable bonds is 2. The molecule has 0 aliphatic carbocycles. The summed E-state index contributed by atoms with van der Waals surface area (Å²) in [5.74, 6) is -0.101. The molecule has 0 aromatic carbocycles. The van der Waals surface area contributed by atoms with E-state index >= 15 is 0 Å². The minimum atomic E-state index is -0.383. The Morgan fingerprint density at radius 2 is 2.20 bits per heavy atom. The van der Waals surface area contributed by atoms with E-state index in [9.17, 15) is 4.79 Å². The van der Waals surface area contributed by atoms with Gasteiger partial charge in [-0.15, -0.1) is 0 Å². The molecule has 0 N–H and O–H groups in total. The maximum atomic E-state index is 10.3. The summed E-state index contributed by atoms with van der Waals surface area (Å²) in [4.78, 5) is 10.3. The van der Waals surface area contributed by atoms with E-state index in [-0.39, 0.29) is 11.9 Å². The first-order valence-electron chi connectivity index (χ1n) is 2.52. The molecule has 0 saturated heterocycles. The van der Waals surface area contributed by atoms with Gasteiger partial charge < -0.3 is 4.74 Å². The van der Waals surface area contributed by atoms with Crippen LogP contribution < -0.4 is 0 Å². The van der Waals surface area contributed by atoms with Crippen molar-refractivity contribution in [2.24, 2.45) is 8.80 Å². The second-order valence-corrected chi connectivity index (χ2v) is 2.02. The van der Waals surface area contributed by atoms with Gasteiger partial charge in [0.25, 0.3) is 0 Å². The first kappa shape index (κ1) is 9.16. The highest BCUT2D eigenvalue weighted by molar-refractivity contribution is 7.96. The fourth-order valence-electron chi connectivity index (χ4n) is 0.313. The van der Waals surface area contributed by atoms with Crippen LogP contribution in [-0.2, 0) is 9.53 Å². The summed E-state index contributed by atoms with van der Waals surface area (Å²) in [5, 5.41) is 0. The average Bonchev–Trinajstić information content (AvgIpc) is 1.82. The van der Waals surface area contributed by atoms with Gasteiger partial charge in [-0.25, -0.2) is 4.40 Å². The molecular weight excluding hydrogens is 152 g/mol. The fraction of sp³-hybridized carbons (Fsp3) is 0.400. The Balaban J connectivity index is 3.70. The molecule has 0 saturated carbocycles. The summed E-state index contributed by atoms with van der Waals surface area (Å²) in [5.41, 5.74) is 0. The van der Waals surface area contributed by atoms with Crippen molar-refractivity contribution < 1.29 is 9.53 Å². The highest BCUT2D eigenvalue weighted by atomic mass is 32.2. The highest BCUT2D eigenvalue weighted by Gasteiger charge is 1.94. The van der Waals surface area contributed by atoms with Gasteiger partial charge in [0.1, 0.15) is 12.1 Å². The zero-order chi connectivity index (χ0) is 7.98. The summed E-state index contributed by atoms with van der Waals surface area (Å²) in [6, 6.07) is 0. The van der Waals surface area contributed by atoms with Crippen LogP contribution in [0, 0.1) is 0 Å². The molecule has 56 valence electrons. The Morgan fingerprint density at radius 3 is 2.60 bits per heavy atom. The van der Waals surface area contributed by atoms with Crippen molar-refractivity contribution in [2.45, 2.75) is 13.8 Å². The van der Waals surface area contributed by atoms with Gasteiger partial charge in [-0.05, 0) is 0 Å². The van der Waals surface area contributed by atoms with Gasteiger partial charge in [0.05, 0.1) is 0 Å². The molecule has 0 aromatic heterocycles. The van der Waals surface area contributed by atoms with Gasteiger partial charge >= 0.3 is 5.97 Å². The zero-order valence-corrected chi connectivity index (χ0v) is 6.64. The standard InChI is InChI=1S/C5H8N2O2S/c1-4(7-10-6-3)9-5(2)8/h3H2,1-2H3/b7-4-. The molecule has 0 unspecified atom stereocenters. The van der Waals surface area contributed by atoms with E-state index in [2.05, 4.69) is 20.2 Å². The Kier molecular flexibility index (Phi) is 4.57. The lowest BCUT2D eigenvalue weighted by Gasteiger charge is -1.95. The van der Waals surface area contributed by atoms with Crippen LogP contribution in [0.25, 0.3) is 0 Å². The van der Waals surface area contributed by atoms with Crippen molar-refractivity contribution in [1.82, 2.24) is 0 Å². The number of ether oxygens (including phenoxy) is 1. The van der Waals surface area contributed by atoms with Crippen LogP contribution in [0.1, 0.15) is 13.8 Å². The second kappa shape index (κ2) is 4.99. The van der Waals surface area contributed by atoms with Crippen molar-refractivity contribution in [1.29, 1.82) is 0 Å². The van der Waals surface area contributed by atoms with Crippen LogP contribution in [0.2, 0.25) is 0 Å². The van der Waals surface area contributed by atoms with Crippen molar-refractivity contribution in [3.05, 3.63) is 0 Å². The maximum Gasteiger partial charge on any atom is 0.309 e. The molecule has 0 aliphatic rings. The summed E-state index contributed by atoms with van der Waals surface area (Å²) in [6.07, 6.45) is 0. The SMILES string of the molecule is C=NS/N=C(/C)OC(C)=O. The van der Waals surface area contributed by atoms with E-state index in [0.29, 0.717) is 0 Å². The van der Waals surface area contributed by atoms with Crippen LogP contribution in [0.4, 0.5) is 0 Å². The molecule has 0 radical (unpaired) electrons. The molecule has 5 heteroatoms. The van der Waals surface area contributed by atoms with Crippen molar-refractivity contribution in [3.63, 3.8) is 0 Å². The summed E-state index contributed by atoms with van der Waals surface area (Å²) < 4.78 is 11.6. The topological polar surface area (TPSA) is 51.0 Å². The number of carbonyl (C=O) groups excluding carboxylic acids is 1. The van der Waals surface area contributed by atoms with Crippen molar-refractivity contribution >= 4 is 30.7 Å². The number of esters is 1. The van der Waals surface area contributed by atoms with Crippen LogP contribution in [0.15, 0.2) is 8.80 Å². The molecule has 0 amide bonds. The lowest BCUT2D eigenvalue weighted by molar-refractivity contribution is -0.133. The minimum Gasteiger partial charge on any atom is -0.411 e. The van der Waals surface area contributed by atoms with Crippen molar-refractivity contribution in [3.8, 4) is 0 Å². The van der Waals surface area contributed by atoms with Gasteiger partial charge in [0.15, 0.2) is 0 Å². The third-order valence-electron chi connectivity index (χ3n) is 0.519. The summed E-state index contributed by atoms with van der Waals surface area (Å²) >= 11 is 0.883. The smallest absolute Gasteiger partial charge is 0.309 e. The van der Waals surface area contributed by atoms with Crippen molar-refractivity contribution in [2.75, 3.05) is 0 Å². The van der Waals surface area contributed by atoms with E-state index in [1.54, 1.807) is 6.92 Å². The van der Waals surface area contributed by atoms with E-state index in [1.807, 2.05) is 0 Å². The molecule has 0 aromatic rings. The molecule has 0 fully saturated rings. The molecule has 0 spiro atoms. The predicted molar refractivity (Wildman–Crippen MR) is 42.0 cm³/mol. The van der Waals surface area contributed by atoms with Gasteiger partial charge in [-0.1, -0.05) is 0 Å². The van der Waals surface area contributed by atoms with E-state index < -0.39 is 0 Å². The molecule has 10 heavy (non-hydrogen) atoms. The first-order chi connectivity index (χ1) is 4.66. The highest BCUT2D eigenvalue weighted by Crippen LogP contribution is 2.01. The minimum absolute atomic E-state index is 0.282. The van der Waals surface area contributed by atoms with Crippen LogP contribution >= 0.6 is 12.1 Å². The Labute approximate surface area is 63.7 Å². The van der Waals surface area contributed by atoms with E-state index in [1.165, 1.54) is 6.92 Å². The monoisotopic (exact) mass is 160 g/mol. The Morgan fingerprint density at radius 1 is 1.60 bits per heavy atom. The third-order valence-corrected chi connectivity index (χ3v) is 0.973.